The quantitative estimate of drug-likeness (QED) is 0.665. The Hall–Kier alpha value is -1.02. The van der Waals surface area contributed by atoms with Crippen molar-refractivity contribution < 1.29 is 4.79 Å². The van der Waals surface area contributed by atoms with Crippen molar-refractivity contribution in [3.05, 3.63) is 29.8 Å². The Kier molecular flexibility index (Phi) is 3.10. The molecule has 15 heavy (non-hydrogen) atoms. The van der Waals surface area contributed by atoms with E-state index in [2.05, 4.69) is 6.07 Å². The molecule has 1 amide bonds. The van der Waals surface area contributed by atoms with Crippen LogP contribution >= 0.6 is 12.4 Å². The maximum absolute atomic E-state index is 11.9. The van der Waals surface area contributed by atoms with E-state index in [9.17, 15) is 4.79 Å². The molecule has 0 bridgehead atoms. The van der Waals surface area contributed by atoms with E-state index in [-0.39, 0.29) is 23.7 Å². The first-order valence-electron chi connectivity index (χ1n) is 4.88. The molecular formula is C12H16ClNO. The fourth-order valence-corrected chi connectivity index (χ4v) is 2.10. The number of benzene rings is 1. The predicted octanol–water partition coefficient (Wildman–Crippen LogP) is 2.65. The molecule has 0 saturated carbocycles. The van der Waals surface area contributed by atoms with Gasteiger partial charge in [-0.05, 0) is 18.1 Å². The van der Waals surface area contributed by atoms with Gasteiger partial charge < -0.3 is 4.90 Å². The largest absolute Gasteiger partial charge is 0.315 e. The molecule has 3 heteroatoms. The Balaban J connectivity index is 0.00000112. The molecule has 0 N–H and O–H groups in total. The number of rotatable bonds is 0. The minimum Gasteiger partial charge on any atom is -0.315 e. The highest BCUT2D eigenvalue weighted by atomic mass is 35.5. The smallest absolute Gasteiger partial charge is 0.232 e. The first-order valence-corrected chi connectivity index (χ1v) is 4.88. The summed E-state index contributed by atoms with van der Waals surface area (Å²) in [6, 6.07) is 8.10. The first kappa shape index (κ1) is 12.1. The van der Waals surface area contributed by atoms with Crippen LogP contribution in [0.4, 0.5) is 5.69 Å². The van der Waals surface area contributed by atoms with Crippen molar-refractivity contribution in [2.24, 2.45) is 5.41 Å². The van der Waals surface area contributed by atoms with Gasteiger partial charge in [-0.1, -0.05) is 32.0 Å². The van der Waals surface area contributed by atoms with E-state index in [0.29, 0.717) is 0 Å². The van der Waals surface area contributed by atoms with E-state index in [1.54, 1.807) is 4.90 Å². The summed E-state index contributed by atoms with van der Waals surface area (Å²) in [6.07, 6.45) is 0.840. The van der Waals surface area contributed by atoms with Crippen LogP contribution in [0.25, 0.3) is 0 Å². The Morgan fingerprint density at radius 1 is 1.27 bits per heavy atom. The summed E-state index contributed by atoms with van der Waals surface area (Å²) in [5, 5.41) is 0. The Morgan fingerprint density at radius 3 is 2.53 bits per heavy atom. The van der Waals surface area contributed by atoms with E-state index in [1.807, 2.05) is 39.1 Å². The second-order valence-corrected chi connectivity index (χ2v) is 4.55. The summed E-state index contributed by atoms with van der Waals surface area (Å²) in [5.41, 5.74) is 2.06. The lowest BCUT2D eigenvalue weighted by Gasteiger charge is -2.36. The first-order chi connectivity index (χ1) is 6.52. The van der Waals surface area contributed by atoms with E-state index in [0.717, 1.165) is 12.1 Å². The molecule has 0 aromatic heterocycles. The van der Waals surface area contributed by atoms with Crippen LogP contribution in [0.2, 0.25) is 0 Å². The lowest BCUT2D eigenvalue weighted by Crippen LogP contribution is -2.44. The molecule has 0 fully saturated rings. The molecule has 0 spiro atoms. The van der Waals surface area contributed by atoms with Crippen LogP contribution in [-0.2, 0) is 11.2 Å². The van der Waals surface area contributed by atoms with Gasteiger partial charge in [0, 0.05) is 18.2 Å². The summed E-state index contributed by atoms with van der Waals surface area (Å²) in [4.78, 5) is 13.7. The van der Waals surface area contributed by atoms with Crippen molar-refractivity contribution in [2.45, 2.75) is 20.3 Å². The number of para-hydroxylation sites is 1. The third-order valence-corrected chi connectivity index (χ3v) is 2.87. The summed E-state index contributed by atoms with van der Waals surface area (Å²) in [7, 11) is 1.85. The van der Waals surface area contributed by atoms with Crippen LogP contribution in [0.15, 0.2) is 24.3 Å². The standard InChI is InChI=1S/C12H15NO.ClH/c1-12(2)8-9-6-4-5-7-10(9)13(3)11(12)14;/h4-7H,8H2,1-3H3;1H. The number of fused-ring (bicyclic) bond motifs is 1. The fourth-order valence-electron chi connectivity index (χ4n) is 2.10. The van der Waals surface area contributed by atoms with Crippen LogP contribution < -0.4 is 4.90 Å². The van der Waals surface area contributed by atoms with E-state index < -0.39 is 0 Å². The van der Waals surface area contributed by atoms with Crippen LogP contribution in [0.5, 0.6) is 0 Å². The summed E-state index contributed by atoms with van der Waals surface area (Å²) in [6.45, 7) is 4.00. The number of hydrogen-bond acceptors (Lipinski definition) is 1. The van der Waals surface area contributed by atoms with E-state index in [4.69, 9.17) is 0 Å². The molecule has 1 aliphatic rings. The molecule has 0 saturated heterocycles. The molecule has 2 rings (SSSR count). The maximum atomic E-state index is 11.9. The van der Waals surface area contributed by atoms with Gasteiger partial charge in [0.2, 0.25) is 5.91 Å². The highest BCUT2D eigenvalue weighted by Gasteiger charge is 2.36. The van der Waals surface area contributed by atoms with Crippen LogP contribution in [-0.4, -0.2) is 13.0 Å². The molecule has 1 aromatic rings. The third kappa shape index (κ3) is 1.86. The number of nitrogens with zero attached hydrogens (tertiary/aromatic N) is 1. The van der Waals surface area contributed by atoms with Gasteiger partial charge in [0.15, 0.2) is 0 Å². The molecule has 2 nitrogen and oxygen atoms in total. The molecule has 0 aliphatic carbocycles. The monoisotopic (exact) mass is 225 g/mol. The average molecular weight is 226 g/mol. The van der Waals surface area contributed by atoms with Gasteiger partial charge in [-0.2, -0.15) is 0 Å². The number of carbonyl (C=O) groups is 1. The predicted molar refractivity (Wildman–Crippen MR) is 64.6 cm³/mol. The van der Waals surface area contributed by atoms with Crippen molar-refractivity contribution in [2.75, 3.05) is 11.9 Å². The molecule has 1 aromatic carbocycles. The summed E-state index contributed by atoms with van der Waals surface area (Å²) in [5.74, 6) is 0.205. The Morgan fingerprint density at radius 2 is 1.87 bits per heavy atom. The molecule has 0 atom stereocenters. The minimum atomic E-state index is -0.261. The number of carbonyl (C=O) groups excluding carboxylic acids is 1. The molecule has 0 unspecified atom stereocenters. The van der Waals surface area contributed by atoms with Gasteiger partial charge in [0.1, 0.15) is 0 Å². The normalized spacial score (nSPS) is 18.1. The van der Waals surface area contributed by atoms with Crippen molar-refractivity contribution in [1.29, 1.82) is 0 Å². The second kappa shape index (κ2) is 3.86. The molecule has 82 valence electrons. The molecular weight excluding hydrogens is 210 g/mol. The molecule has 0 radical (unpaired) electrons. The second-order valence-electron chi connectivity index (χ2n) is 4.55. The number of hydrogen-bond donors (Lipinski definition) is 0. The third-order valence-electron chi connectivity index (χ3n) is 2.87. The number of amides is 1. The van der Waals surface area contributed by atoms with Crippen LogP contribution in [0, 0.1) is 5.41 Å². The van der Waals surface area contributed by atoms with Gasteiger partial charge in [-0.3, -0.25) is 4.79 Å². The zero-order valence-electron chi connectivity index (χ0n) is 9.28. The Bertz CT molecular complexity index is 387. The summed E-state index contributed by atoms with van der Waals surface area (Å²) >= 11 is 0. The van der Waals surface area contributed by atoms with E-state index >= 15 is 0 Å². The highest BCUT2D eigenvalue weighted by Crippen LogP contribution is 2.35. The SMILES string of the molecule is CN1C(=O)C(C)(C)Cc2ccccc21.Cl. The lowest BCUT2D eigenvalue weighted by molar-refractivity contribution is -0.126. The average Bonchev–Trinajstić information content (AvgIpc) is 2.14. The zero-order chi connectivity index (χ0) is 10.3. The fraction of sp³-hybridized carbons (Fsp3) is 0.417. The molecule has 1 heterocycles. The topological polar surface area (TPSA) is 20.3 Å². The highest BCUT2D eigenvalue weighted by molar-refractivity contribution is 5.99. The lowest BCUT2D eigenvalue weighted by atomic mass is 9.80. The van der Waals surface area contributed by atoms with Crippen molar-refractivity contribution >= 4 is 24.0 Å². The van der Waals surface area contributed by atoms with Crippen LogP contribution in [0.1, 0.15) is 19.4 Å². The van der Waals surface area contributed by atoms with Gasteiger partial charge >= 0.3 is 0 Å². The van der Waals surface area contributed by atoms with Gasteiger partial charge in [0.05, 0.1) is 0 Å². The van der Waals surface area contributed by atoms with Crippen LogP contribution in [0.3, 0.4) is 0 Å². The van der Waals surface area contributed by atoms with Crippen molar-refractivity contribution in [1.82, 2.24) is 0 Å². The van der Waals surface area contributed by atoms with Gasteiger partial charge in [0.25, 0.3) is 0 Å². The molecule has 1 aliphatic heterocycles. The summed E-state index contributed by atoms with van der Waals surface area (Å²) < 4.78 is 0. The minimum absolute atomic E-state index is 0. The zero-order valence-corrected chi connectivity index (χ0v) is 10.1. The maximum Gasteiger partial charge on any atom is 0.232 e. The number of anilines is 1. The van der Waals surface area contributed by atoms with Gasteiger partial charge in [-0.15, -0.1) is 12.4 Å². The van der Waals surface area contributed by atoms with Crippen molar-refractivity contribution in [3.63, 3.8) is 0 Å². The van der Waals surface area contributed by atoms with Gasteiger partial charge in [-0.25, -0.2) is 0 Å². The van der Waals surface area contributed by atoms with Crippen molar-refractivity contribution in [3.8, 4) is 0 Å². The Labute approximate surface area is 96.7 Å². The number of halogens is 1. The van der Waals surface area contributed by atoms with E-state index in [1.165, 1.54) is 5.56 Å².